The monoisotopic (exact) mass is 390 g/mol. The van der Waals surface area contributed by atoms with Crippen molar-refractivity contribution in [1.82, 2.24) is 5.32 Å². The van der Waals surface area contributed by atoms with Crippen molar-refractivity contribution in [2.45, 2.75) is 33.0 Å². The van der Waals surface area contributed by atoms with E-state index < -0.39 is 7.60 Å². The summed E-state index contributed by atoms with van der Waals surface area (Å²) in [6.07, 6.45) is 0.201. The first-order valence-electron chi connectivity index (χ1n) is 9.05. The number of nitrogens with one attached hydrogen (secondary N) is 2. The zero-order chi connectivity index (χ0) is 19.7. The summed E-state index contributed by atoms with van der Waals surface area (Å²) in [5.41, 5.74) is 2.51. The van der Waals surface area contributed by atoms with Gasteiger partial charge in [0.25, 0.3) is 0 Å². The summed E-state index contributed by atoms with van der Waals surface area (Å²) in [5.74, 6) is 0. The molecule has 2 N–H and O–H groups in total. The number of anilines is 1. The molecule has 7 heteroatoms. The maximum atomic E-state index is 12.6. The smallest absolute Gasteiger partial charge is 0.331 e. The van der Waals surface area contributed by atoms with Crippen molar-refractivity contribution < 1.29 is 18.4 Å². The molecule has 0 aliphatic heterocycles. The standard InChI is InChI=1S/C20H27N2O4P/c1-4-25-27(24,26-5-2)15-17-11-13-19(14-12-17)22-20(23)21-16(3)18-9-7-6-8-10-18/h6-14,16H,4-5,15H2,1-3H3,(H2,21,22,23)/t16-/m0/s1. The highest BCUT2D eigenvalue weighted by Crippen LogP contribution is 2.51. The number of hydrogen-bond acceptors (Lipinski definition) is 4. The predicted molar refractivity (Wildman–Crippen MR) is 108 cm³/mol. The van der Waals surface area contributed by atoms with Gasteiger partial charge in [-0.2, -0.15) is 0 Å². The Kier molecular flexibility index (Phi) is 8.04. The lowest BCUT2D eigenvalue weighted by atomic mass is 10.1. The second-order valence-corrected chi connectivity index (χ2v) is 8.09. The molecule has 146 valence electrons. The molecular weight excluding hydrogens is 363 g/mol. The van der Waals surface area contributed by atoms with Gasteiger partial charge in [-0.25, -0.2) is 4.79 Å². The third-order valence-electron chi connectivity index (χ3n) is 3.89. The number of carbonyl (C=O) groups excluding carboxylic acids is 1. The summed E-state index contributed by atoms with van der Waals surface area (Å²) < 4.78 is 23.2. The van der Waals surface area contributed by atoms with Crippen molar-refractivity contribution in [3.8, 4) is 0 Å². The molecule has 0 aliphatic carbocycles. The fourth-order valence-electron chi connectivity index (χ4n) is 2.63. The van der Waals surface area contributed by atoms with Crippen LogP contribution < -0.4 is 10.6 Å². The van der Waals surface area contributed by atoms with E-state index in [1.807, 2.05) is 37.3 Å². The lowest BCUT2D eigenvalue weighted by Crippen LogP contribution is -2.31. The van der Waals surface area contributed by atoms with Crippen LogP contribution in [0.1, 0.15) is 37.9 Å². The Bertz CT molecular complexity index is 755. The molecule has 0 heterocycles. The van der Waals surface area contributed by atoms with Crippen LogP contribution in [0.15, 0.2) is 54.6 Å². The van der Waals surface area contributed by atoms with Gasteiger partial charge in [-0.05, 0) is 44.0 Å². The number of amides is 2. The summed E-state index contributed by atoms with van der Waals surface area (Å²) in [6, 6.07) is 16.5. The van der Waals surface area contributed by atoms with E-state index in [-0.39, 0.29) is 18.2 Å². The van der Waals surface area contributed by atoms with Gasteiger partial charge >= 0.3 is 13.6 Å². The molecule has 6 nitrogen and oxygen atoms in total. The first-order chi connectivity index (χ1) is 13.0. The molecule has 1 atom stereocenters. The lowest BCUT2D eigenvalue weighted by molar-refractivity contribution is 0.219. The number of hydrogen-bond donors (Lipinski definition) is 2. The van der Waals surface area contributed by atoms with Gasteiger partial charge in [0, 0.05) is 5.69 Å². The van der Waals surface area contributed by atoms with Gasteiger partial charge < -0.3 is 19.7 Å². The van der Waals surface area contributed by atoms with Crippen LogP contribution in [0, 0.1) is 0 Å². The molecule has 2 amide bonds. The van der Waals surface area contributed by atoms with E-state index in [0.717, 1.165) is 11.1 Å². The highest BCUT2D eigenvalue weighted by molar-refractivity contribution is 7.53. The van der Waals surface area contributed by atoms with Gasteiger partial charge in [-0.3, -0.25) is 4.57 Å². The normalized spacial score (nSPS) is 12.4. The fraction of sp³-hybridized carbons (Fsp3) is 0.350. The minimum absolute atomic E-state index is 0.103. The molecule has 0 bridgehead atoms. The molecule has 0 saturated carbocycles. The van der Waals surface area contributed by atoms with Gasteiger partial charge in [-0.15, -0.1) is 0 Å². The summed E-state index contributed by atoms with van der Waals surface area (Å²) in [7, 11) is -3.14. The van der Waals surface area contributed by atoms with Crippen LogP contribution >= 0.6 is 7.60 Å². The molecule has 2 aromatic carbocycles. The Labute approximate surface area is 160 Å². The molecule has 0 aliphatic rings. The Morgan fingerprint density at radius 3 is 2.15 bits per heavy atom. The minimum atomic E-state index is -3.14. The van der Waals surface area contributed by atoms with Gasteiger partial charge in [-0.1, -0.05) is 42.5 Å². The SMILES string of the molecule is CCOP(=O)(Cc1ccc(NC(=O)N[C@@H](C)c2ccccc2)cc1)OCC. The highest BCUT2D eigenvalue weighted by Gasteiger charge is 2.23. The van der Waals surface area contributed by atoms with Gasteiger partial charge in [0.05, 0.1) is 25.4 Å². The molecule has 0 radical (unpaired) electrons. The summed E-state index contributed by atoms with van der Waals surface area (Å²) in [5, 5.41) is 5.70. The topological polar surface area (TPSA) is 76.7 Å². The van der Waals surface area contributed by atoms with Gasteiger partial charge in [0.2, 0.25) is 0 Å². The molecule has 0 unspecified atom stereocenters. The zero-order valence-electron chi connectivity index (χ0n) is 16.0. The van der Waals surface area contributed by atoms with Crippen LogP contribution in [0.5, 0.6) is 0 Å². The van der Waals surface area contributed by atoms with Crippen LogP contribution in [0.4, 0.5) is 10.5 Å². The highest BCUT2D eigenvalue weighted by atomic mass is 31.2. The van der Waals surface area contributed by atoms with E-state index in [2.05, 4.69) is 10.6 Å². The largest absolute Gasteiger partial charge is 0.335 e. The van der Waals surface area contributed by atoms with Crippen molar-refractivity contribution >= 4 is 19.3 Å². The first kappa shape index (κ1) is 21.2. The minimum Gasteiger partial charge on any atom is -0.331 e. The molecule has 2 rings (SSSR count). The van der Waals surface area contributed by atoms with Crippen LogP contribution in [0.3, 0.4) is 0 Å². The van der Waals surface area contributed by atoms with Crippen LogP contribution in [0.25, 0.3) is 0 Å². The molecule has 0 fully saturated rings. The van der Waals surface area contributed by atoms with E-state index in [4.69, 9.17) is 9.05 Å². The Morgan fingerprint density at radius 2 is 1.59 bits per heavy atom. The van der Waals surface area contributed by atoms with Gasteiger partial charge in [0.1, 0.15) is 0 Å². The average molecular weight is 390 g/mol. The van der Waals surface area contributed by atoms with E-state index in [9.17, 15) is 9.36 Å². The fourth-order valence-corrected chi connectivity index (χ4v) is 4.33. The second kappa shape index (κ2) is 10.3. The Balaban J connectivity index is 1.93. The van der Waals surface area contributed by atoms with E-state index in [1.165, 1.54) is 0 Å². The van der Waals surface area contributed by atoms with Crippen molar-refractivity contribution in [1.29, 1.82) is 0 Å². The number of benzene rings is 2. The summed E-state index contributed by atoms with van der Waals surface area (Å²) >= 11 is 0. The quantitative estimate of drug-likeness (QED) is 0.567. The molecule has 0 aromatic heterocycles. The maximum Gasteiger partial charge on any atom is 0.335 e. The first-order valence-corrected chi connectivity index (χ1v) is 10.8. The van der Waals surface area contributed by atoms with Crippen molar-refractivity contribution in [2.75, 3.05) is 18.5 Å². The van der Waals surface area contributed by atoms with Crippen molar-refractivity contribution in [2.24, 2.45) is 0 Å². The molecule has 27 heavy (non-hydrogen) atoms. The van der Waals surface area contributed by atoms with Crippen LogP contribution in [-0.2, 0) is 19.8 Å². The van der Waals surface area contributed by atoms with Crippen LogP contribution in [-0.4, -0.2) is 19.2 Å². The number of carbonyl (C=O) groups is 1. The predicted octanol–water partition coefficient (Wildman–Crippen LogP) is 5.34. The molecule has 0 saturated heterocycles. The molecule has 2 aromatic rings. The third kappa shape index (κ3) is 6.83. The Morgan fingerprint density at radius 1 is 1.00 bits per heavy atom. The molecular formula is C20H27N2O4P. The average Bonchev–Trinajstić information content (AvgIpc) is 2.64. The second-order valence-electron chi connectivity index (χ2n) is 6.03. The zero-order valence-corrected chi connectivity index (χ0v) is 16.9. The van der Waals surface area contributed by atoms with E-state index >= 15 is 0 Å². The van der Waals surface area contributed by atoms with E-state index in [0.29, 0.717) is 18.9 Å². The van der Waals surface area contributed by atoms with Crippen LogP contribution in [0.2, 0.25) is 0 Å². The molecule has 0 spiro atoms. The maximum absolute atomic E-state index is 12.6. The summed E-state index contributed by atoms with van der Waals surface area (Å²) in [4.78, 5) is 12.2. The van der Waals surface area contributed by atoms with Gasteiger partial charge in [0.15, 0.2) is 0 Å². The Hall–Kier alpha value is -2.14. The third-order valence-corrected chi connectivity index (χ3v) is 5.94. The lowest BCUT2D eigenvalue weighted by Gasteiger charge is -2.17. The summed E-state index contributed by atoms with van der Waals surface area (Å²) in [6.45, 7) is 6.16. The van der Waals surface area contributed by atoms with E-state index in [1.54, 1.807) is 38.1 Å². The number of urea groups is 1. The van der Waals surface area contributed by atoms with Crippen molar-refractivity contribution in [3.63, 3.8) is 0 Å². The number of rotatable bonds is 9. The van der Waals surface area contributed by atoms with Crippen molar-refractivity contribution in [3.05, 3.63) is 65.7 Å².